The van der Waals surface area contributed by atoms with Crippen molar-refractivity contribution in [2.75, 3.05) is 13.2 Å². The van der Waals surface area contributed by atoms with E-state index in [0.717, 1.165) is 6.42 Å². The minimum absolute atomic E-state index is 0.0439. The Labute approximate surface area is 182 Å². The third-order valence-electron chi connectivity index (χ3n) is 4.41. The van der Waals surface area contributed by atoms with Crippen molar-refractivity contribution in [2.45, 2.75) is 33.1 Å². The molecule has 0 heterocycles. The molecule has 8 heteroatoms. The molecule has 0 fully saturated rings. The molecule has 3 N–H and O–H groups in total. The van der Waals surface area contributed by atoms with Gasteiger partial charge in [0.1, 0.15) is 11.5 Å². The van der Waals surface area contributed by atoms with Gasteiger partial charge < -0.3 is 9.47 Å². The average Bonchev–Trinajstić information content (AvgIpc) is 2.76. The van der Waals surface area contributed by atoms with Crippen molar-refractivity contribution >= 4 is 29.1 Å². The van der Waals surface area contributed by atoms with Gasteiger partial charge in [-0.15, -0.1) is 0 Å². The van der Waals surface area contributed by atoms with Crippen molar-refractivity contribution in [1.82, 2.24) is 16.2 Å². The minimum atomic E-state index is -0.441. The fourth-order valence-electron chi connectivity index (χ4n) is 2.58. The zero-order valence-corrected chi connectivity index (χ0v) is 18.2. The number of hydrogen-bond acceptors (Lipinski definition) is 5. The second kappa shape index (κ2) is 11.8. The number of hydrazine groups is 1. The molecule has 2 amide bonds. The fraction of sp³-hybridized carbons (Fsp3) is 0.318. The van der Waals surface area contributed by atoms with Crippen LogP contribution in [0.3, 0.4) is 0 Å². The molecule has 1 atom stereocenters. The molecule has 7 nitrogen and oxygen atoms in total. The maximum absolute atomic E-state index is 12.3. The number of hydrogen-bond donors (Lipinski definition) is 3. The number of thiocarbonyl (C=S) groups is 1. The van der Waals surface area contributed by atoms with E-state index in [2.05, 4.69) is 30.0 Å². The van der Waals surface area contributed by atoms with Crippen LogP contribution in [0.5, 0.6) is 11.5 Å². The van der Waals surface area contributed by atoms with E-state index in [1.165, 1.54) is 5.56 Å². The summed E-state index contributed by atoms with van der Waals surface area (Å²) < 4.78 is 10.9. The lowest BCUT2D eigenvalue weighted by Gasteiger charge is -2.13. The second-order valence-electron chi connectivity index (χ2n) is 6.55. The highest BCUT2D eigenvalue weighted by atomic mass is 32.1. The maximum atomic E-state index is 12.3. The molecular weight excluding hydrogens is 402 g/mol. The normalized spacial score (nSPS) is 11.2. The zero-order valence-electron chi connectivity index (χ0n) is 17.4. The summed E-state index contributed by atoms with van der Waals surface area (Å²) in [5, 5.41) is 2.45. The van der Waals surface area contributed by atoms with Crippen LogP contribution in [0.15, 0.2) is 48.5 Å². The molecule has 1 unspecified atom stereocenters. The third-order valence-corrected chi connectivity index (χ3v) is 4.61. The van der Waals surface area contributed by atoms with Gasteiger partial charge in [0.05, 0.1) is 12.2 Å². The summed E-state index contributed by atoms with van der Waals surface area (Å²) in [6.45, 7) is 6.37. The van der Waals surface area contributed by atoms with Gasteiger partial charge in [-0.3, -0.25) is 25.8 Å². The molecule has 160 valence electrons. The first-order valence-corrected chi connectivity index (χ1v) is 10.2. The molecule has 2 rings (SSSR count). The van der Waals surface area contributed by atoms with Crippen LogP contribution in [0.2, 0.25) is 0 Å². The minimum Gasteiger partial charge on any atom is -0.493 e. The van der Waals surface area contributed by atoms with E-state index in [9.17, 15) is 9.59 Å². The van der Waals surface area contributed by atoms with Crippen LogP contribution in [0.1, 0.15) is 49.0 Å². The van der Waals surface area contributed by atoms with E-state index in [-0.39, 0.29) is 11.7 Å². The van der Waals surface area contributed by atoms with Gasteiger partial charge in [-0.2, -0.15) is 0 Å². The summed E-state index contributed by atoms with van der Waals surface area (Å²) in [7, 11) is 0. The van der Waals surface area contributed by atoms with Crippen LogP contribution in [-0.2, 0) is 4.79 Å². The molecule has 0 radical (unpaired) electrons. The van der Waals surface area contributed by atoms with Crippen LogP contribution in [0.4, 0.5) is 0 Å². The summed E-state index contributed by atoms with van der Waals surface area (Å²) in [6.07, 6.45) is 1.06. The lowest BCUT2D eigenvalue weighted by atomic mass is 9.99. The van der Waals surface area contributed by atoms with E-state index < -0.39 is 11.8 Å². The third kappa shape index (κ3) is 7.04. The zero-order chi connectivity index (χ0) is 21.9. The molecule has 0 bridgehead atoms. The topological polar surface area (TPSA) is 88.7 Å². The summed E-state index contributed by atoms with van der Waals surface area (Å²) in [6, 6.07) is 14.5. The summed E-state index contributed by atoms with van der Waals surface area (Å²) in [5.74, 6) is 0.650. The Bertz CT molecular complexity index is 871. The Hall–Kier alpha value is -3.13. The number of rotatable bonds is 8. The molecule has 0 spiro atoms. The van der Waals surface area contributed by atoms with Gasteiger partial charge in [0.15, 0.2) is 11.7 Å². The van der Waals surface area contributed by atoms with Crippen LogP contribution in [0.25, 0.3) is 0 Å². The molecule has 0 saturated carbocycles. The van der Waals surface area contributed by atoms with E-state index in [1.807, 2.05) is 31.2 Å². The van der Waals surface area contributed by atoms with Gasteiger partial charge in [-0.25, -0.2) is 0 Å². The van der Waals surface area contributed by atoms with Crippen molar-refractivity contribution in [2.24, 2.45) is 0 Å². The highest BCUT2D eigenvalue weighted by molar-refractivity contribution is 7.80. The number of benzene rings is 2. The Kier molecular flexibility index (Phi) is 9.08. The Morgan fingerprint density at radius 3 is 2.37 bits per heavy atom. The summed E-state index contributed by atoms with van der Waals surface area (Å²) >= 11 is 5.04. The van der Waals surface area contributed by atoms with Gasteiger partial charge >= 0.3 is 0 Å². The Morgan fingerprint density at radius 1 is 1.00 bits per heavy atom. The number of amides is 2. The highest BCUT2D eigenvalue weighted by Crippen LogP contribution is 2.21. The van der Waals surface area contributed by atoms with Crippen molar-refractivity contribution < 1.29 is 19.1 Å². The first-order chi connectivity index (χ1) is 14.4. The van der Waals surface area contributed by atoms with Crippen LogP contribution in [0, 0.1) is 0 Å². The van der Waals surface area contributed by atoms with Crippen molar-refractivity contribution in [3.05, 3.63) is 59.7 Å². The SMILES string of the molecule is CCOc1ccccc1C(=O)NC(=S)NNC(=O)COc1ccc(C(C)CC)cc1. The van der Waals surface area contributed by atoms with Crippen molar-refractivity contribution in [3.63, 3.8) is 0 Å². The number of nitrogens with one attached hydrogen (secondary N) is 3. The molecule has 30 heavy (non-hydrogen) atoms. The average molecular weight is 430 g/mol. The Morgan fingerprint density at radius 2 is 1.70 bits per heavy atom. The largest absolute Gasteiger partial charge is 0.493 e. The first kappa shape index (κ1) is 23.2. The van der Waals surface area contributed by atoms with Crippen LogP contribution >= 0.6 is 12.2 Å². The first-order valence-electron chi connectivity index (χ1n) is 9.79. The molecule has 0 saturated heterocycles. The second-order valence-corrected chi connectivity index (χ2v) is 6.96. The van der Waals surface area contributed by atoms with Gasteiger partial charge in [-0.1, -0.05) is 38.1 Å². The molecule has 0 aliphatic heterocycles. The standard InChI is InChI=1S/C22H27N3O4S/c1-4-15(3)16-10-12-17(13-11-16)29-14-20(26)24-25-22(30)23-21(27)18-8-6-7-9-19(18)28-5-2/h6-13,15H,4-5,14H2,1-3H3,(H,24,26)(H2,23,25,27,30). The van der Waals surface area contributed by atoms with Crippen LogP contribution < -0.4 is 25.6 Å². The van der Waals surface area contributed by atoms with E-state index in [1.54, 1.807) is 24.3 Å². The van der Waals surface area contributed by atoms with Gasteiger partial charge in [0.2, 0.25) is 0 Å². The van der Waals surface area contributed by atoms with Gasteiger partial charge in [-0.05, 0) is 61.3 Å². The van der Waals surface area contributed by atoms with E-state index in [0.29, 0.717) is 29.6 Å². The molecule has 2 aromatic rings. The van der Waals surface area contributed by atoms with Crippen LogP contribution in [-0.4, -0.2) is 30.1 Å². The molecule has 2 aromatic carbocycles. The number of carbonyl (C=O) groups excluding carboxylic acids is 2. The van der Waals surface area contributed by atoms with E-state index in [4.69, 9.17) is 21.7 Å². The predicted octanol–water partition coefficient (Wildman–Crippen LogP) is 3.31. The fourth-order valence-corrected chi connectivity index (χ4v) is 2.72. The molecule has 0 aromatic heterocycles. The molecule has 0 aliphatic rings. The predicted molar refractivity (Wildman–Crippen MR) is 120 cm³/mol. The maximum Gasteiger partial charge on any atom is 0.276 e. The quantitative estimate of drug-likeness (QED) is 0.441. The lowest BCUT2D eigenvalue weighted by Crippen LogP contribution is -2.49. The molecular formula is C22H27N3O4S. The Balaban J connectivity index is 1.76. The smallest absolute Gasteiger partial charge is 0.276 e. The van der Waals surface area contributed by atoms with E-state index >= 15 is 0 Å². The summed E-state index contributed by atoms with van der Waals surface area (Å²) in [4.78, 5) is 24.3. The number of carbonyl (C=O) groups is 2. The summed E-state index contributed by atoms with van der Waals surface area (Å²) in [5.41, 5.74) is 6.44. The van der Waals surface area contributed by atoms with Crippen molar-refractivity contribution in [3.8, 4) is 11.5 Å². The number of para-hydroxylation sites is 1. The van der Waals surface area contributed by atoms with Crippen molar-refractivity contribution in [1.29, 1.82) is 0 Å². The monoisotopic (exact) mass is 429 g/mol. The lowest BCUT2D eigenvalue weighted by molar-refractivity contribution is -0.123. The molecule has 0 aliphatic carbocycles. The number of ether oxygens (including phenoxy) is 2. The van der Waals surface area contributed by atoms with Gasteiger partial charge in [0, 0.05) is 0 Å². The van der Waals surface area contributed by atoms with Gasteiger partial charge in [0.25, 0.3) is 11.8 Å². The highest BCUT2D eigenvalue weighted by Gasteiger charge is 2.13.